The number of nitrogens with zero attached hydrogens (tertiary/aromatic N) is 4. The molecule has 2 aliphatic rings. The highest BCUT2D eigenvalue weighted by molar-refractivity contribution is 6.31. The largest absolute Gasteiger partial charge is 0.454 e. The number of pyridine rings is 1. The molecule has 1 fully saturated rings. The van der Waals surface area contributed by atoms with Crippen molar-refractivity contribution in [3.05, 3.63) is 53.1 Å². The van der Waals surface area contributed by atoms with Crippen molar-refractivity contribution < 1.29 is 14.0 Å². The van der Waals surface area contributed by atoms with E-state index in [4.69, 9.17) is 25.6 Å². The Morgan fingerprint density at radius 1 is 1.15 bits per heavy atom. The second-order valence-corrected chi connectivity index (χ2v) is 7.02. The van der Waals surface area contributed by atoms with E-state index >= 15 is 0 Å². The van der Waals surface area contributed by atoms with E-state index in [0.717, 1.165) is 36.3 Å². The van der Waals surface area contributed by atoms with Gasteiger partial charge in [0.2, 0.25) is 18.5 Å². The molecule has 4 heterocycles. The number of hydrogen-bond acceptors (Lipinski definition) is 7. The highest BCUT2D eigenvalue weighted by Gasteiger charge is 2.31. The van der Waals surface area contributed by atoms with Crippen molar-refractivity contribution in [3.63, 3.8) is 0 Å². The average Bonchev–Trinajstić information content (AvgIpc) is 3.42. The monoisotopic (exact) mass is 384 g/mol. The highest BCUT2D eigenvalue weighted by atomic mass is 35.5. The molecule has 8 heteroatoms. The summed E-state index contributed by atoms with van der Waals surface area (Å²) in [6, 6.07) is 7.59. The Bertz CT molecular complexity index is 963. The zero-order chi connectivity index (χ0) is 18.2. The summed E-state index contributed by atoms with van der Waals surface area (Å²) in [5.41, 5.74) is 1.89. The summed E-state index contributed by atoms with van der Waals surface area (Å²) in [7, 11) is 0. The van der Waals surface area contributed by atoms with Crippen molar-refractivity contribution in [1.29, 1.82) is 0 Å². The predicted octanol–water partition coefficient (Wildman–Crippen LogP) is 3.85. The van der Waals surface area contributed by atoms with Crippen LogP contribution in [-0.2, 0) is 6.54 Å². The smallest absolute Gasteiger partial charge is 0.244 e. The third-order valence-corrected chi connectivity index (χ3v) is 5.30. The Hall–Kier alpha value is -2.64. The third-order valence-electron chi connectivity index (χ3n) is 4.94. The Kier molecular flexibility index (Phi) is 4.18. The normalized spacial score (nSPS) is 18.9. The number of likely N-dealkylation sites (tertiary alicyclic amines) is 1. The minimum atomic E-state index is 0.0783. The second-order valence-electron chi connectivity index (χ2n) is 6.62. The highest BCUT2D eigenvalue weighted by Crippen LogP contribution is 2.39. The first-order valence-electron chi connectivity index (χ1n) is 8.84. The van der Waals surface area contributed by atoms with Gasteiger partial charge in [-0.25, -0.2) is 0 Å². The molecule has 5 rings (SSSR count). The fourth-order valence-electron chi connectivity index (χ4n) is 3.58. The van der Waals surface area contributed by atoms with Crippen LogP contribution >= 0.6 is 11.6 Å². The topological polar surface area (TPSA) is 73.5 Å². The minimum Gasteiger partial charge on any atom is -0.454 e. The van der Waals surface area contributed by atoms with Crippen LogP contribution in [0.3, 0.4) is 0 Å². The SMILES string of the molecule is Clc1cc2c(cc1CN1CCCC1c1nc(-c3ccncc3)no1)OCO2. The zero-order valence-corrected chi connectivity index (χ0v) is 15.2. The first kappa shape index (κ1) is 16.5. The molecule has 2 aliphatic heterocycles. The van der Waals surface area contributed by atoms with Crippen LogP contribution in [0.15, 0.2) is 41.2 Å². The molecule has 0 aliphatic carbocycles. The summed E-state index contributed by atoms with van der Waals surface area (Å²) in [5.74, 6) is 2.65. The van der Waals surface area contributed by atoms with E-state index in [1.54, 1.807) is 12.4 Å². The van der Waals surface area contributed by atoms with Crippen molar-refractivity contribution in [2.75, 3.05) is 13.3 Å². The van der Waals surface area contributed by atoms with Gasteiger partial charge in [-0.05, 0) is 43.1 Å². The summed E-state index contributed by atoms with van der Waals surface area (Å²) in [4.78, 5) is 10.9. The first-order chi connectivity index (χ1) is 13.3. The van der Waals surface area contributed by atoms with Gasteiger partial charge in [-0.1, -0.05) is 16.8 Å². The van der Waals surface area contributed by atoms with Gasteiger partial charge >= 0.3 is 0 Å². The summed E-state index contributed by atoms with van der Waals surface area (Å²) < 4.78 is 16.4. The number of ether oxygens (including phenoxy) is 2. The van der Waals surface area contributed by atoms with E-state index in [1.807, 2.05) is 24.3 Å². The van der Waals surface area contributed by atoms with E-state index in [0.29, 0.717) is 29.0 Å². The Balaban J connectivity index is 1.38. The molecule has 138 valence electrons. The number of benzene rings is 1. The van der Waals surface area contributed by atoms with E-state index in [9.17, 15) is 0 Å². The van der Waals surface area contributed by atoms with Crippen LogP contribution in [0.25, 0.3) is 11.4 Å². The lowest BCUT2D eigenvalue weighted by atomic mass is 10.1. The molecule has 0 N–H and O–H groups in total. The lowest BCUT2D eigenvalue weighted by molar-refractivity contribution is 0.173. The van der Waals surface area contributed by atoms with Gasteiger partial charge in [-0.2, -0.15) is 4.98 Å². The maximum Gasteiger partial charge on any atom is 0.244 e. The lowest BCUT2D eigenvalue weighted by Gasteiger charge is -2.22. The van der Waals surface area contributed by atoms with E-state index in [1.165, 1.54) is 0 Å². The number of halogens is 1. The number of fused-ring (bicyclic) bond motifs is 1. The van der Waals surface area contributed by atoms with Gasteiger partial charge in [0.25, 0.3) is 0 Å². The maximum atomic E-state index is 6.44. The first-order valence-corrected chi connectivity index (χ1v) is 9.22. The summed E-state index contributed by atoms with van der Waals surface area (Å²) in [6.45, 7) is 1.87. The quantitative estimate of drug-likeness (QED) is 0.676. The van der Waals surface area contributed by atoms with E-state index < -0.39 is 0 Å². The fraction of sp³-hybridized carbons (Fsp3) is 0.316. The molecule has 27 heavy (non-hydrogen) atoms. The van der Waals surface area contributed by atoms with Crippen LogP contribution in [0.1, 0.15) is 30.3 Å². The van der Waals surface area contributed by atoms with Crippen LogP contribution in [0.4, 0.5) is 0 Å². The van der Waals surface area contributed by atoms with Crippen LogP contribution in [0.5, 0.6) is 11.5 Å². The molecule has 0 saturated carbocycles. The molecule has 1 atom stereocenters. The molecule has 7 nitrogen and oxygen atoms in total. The van der Waals surface area contributed by atoms with Crippen molar-refractivity contribution in [3.8, 4) is 22.9 Å². The fourth-order valence-corrected chi connectivity index (χ4v) is 3.80. The summed E-state index contributed by atoms with van der Waals surface area (Å²) in [5, 5.41) is 4.81. The van der Waals surface area contributed by atoms with Crippen LogP contribution in [0.2, 0.25) is 5.02 Å². The molecule has 0 bridgehead atoms. The molecule has 2 aromatic heterocycles. The molecular formula is C19H17ClN4O3. The molecule has 0 radical (unpaired) electrons. The van der Waals surface area contributed by atoms with Crippen molar-refractivity contribution in [2.24, 2.45) is 0 Å². The van der Waals surface area contributed by atoms with Gasteiger partial charge in [0.1, 0.15) is 0 Å². The van der Waals surface area contributed by atoms with Crippen LogP contribution < -0.4 is 9.47 Å². The number of hydrogen-bond donors (Lipinski definition) is 0. The van der Waals surface area contributed by atoms with Gasteiger partial charge < -0.3 is 14.0 Å². The second kappa shape index (κ2) is 6.83. The molecule has 1 saturated heterocycles. The predicted molar refractivity (Wildman–Crippen MR) is 97.5 cm³/mol. The maximum absolute atomic E-state index is 6.44. The molecule has 3 aromatic rings. The van der Waals surface area contributed by atoms with Crippen molar-refractivity contribution >= 4 is 11.6 Å². The van der Waals surface area contributed by atoms with Gasteiger partial charge in [0.15, 0.2) is 11.5 Å². The third kappa shape index (κ3) is 3.13. The number of rotatable bonds is 4. The van der Waals surface area contributed by atoms with E-state index in [-0.39, 0.29) is 12.8 Å². The zero-order valence-electron chi connectivity index (χ0n) is 14.5. The Morgan fingerprint density at radius 3 is 2.81 bits per heavy atom. The molecule has 0 amide bonds. The molecular weight excluding hydrogens is 368 g/mol. The summed E-state index contributed by atoms with van der Waals surface area (Å²) >= 11 is 6.44. The van der Waals surface area contributed by atoms with Gasteiger partial charge in [0.05, 0.1) is 6.04 Å². The average molecular weight is 385 g/mol. The lowest BCUT2D eigenvalue weighted by Crippen LogP contribution is -2.23. The van der Waals surface area contributed by atoms with Crippen LogP contribution in [0, 0.1) is 0 Å². The van der Waals surface area contributed by atoms with Crippen LogP contribution in [-0.4, -0.2) is 33.4 Å². The summed E-state index contributed by atoms with van der Waals surface area (Å²) in [6.07, 6.45) is 5.48. The van der Waals surface area contributed by atoms with Gasteiger partial charge in [0, 0.05) is 35.6 Å². The Labute approximate surface area is 160 Å². The minimum absolute atomic E-state index is 0.0783. The van der Waals surface area contributed by atoms with Gasteiger partial charge in [-0.15, -0.1) is 0 Å². The Morgan fingerprint density at radius 2 is 1.96 bits per heavy atom. The van der Waals surface area contributed by atoms with Crippen molar-refractivity contribution in [2.45, 2.75) is 25.4 Å². The van der Waals surface area contributed by atoms with Gasteiger partial charge in [-0.3, -0.25) is 9.88 Å². The number of aromatic nitrogens is 3. The molecule has 0 spiro atoms. The van der Waals surface area contributed by atoms with Crippen molar-refractivity contribution in [1.82, 2.24) is 20.0 Å². The standard InChI is InChI=1S/C19H17ClN4O3/c20-14-9-17-16(25-11-26-17)8-13(14)10-24-7-1-2-15(24)19-22-18(23-27-19)12-3-5-21-6-4-12/h3-6,8-9,15H,1-2,7,10-11H2. The molecule has 1 aromatic carbocycles. The molecule has 1 unspecified atom stereocenters. The van der Waals surface area contributed by atoms with E-state index in [2.05, 4.69) is 20.0 Å².